The summed E-state index contributed by atoms with van der Waals surface area (Å²) in [4.78, 5) is 4.46. The molecule has 0 saturated carbocycles. The summed E-state index contributed by atoms with van der Waals surface area (Å²) in [7, 11) is 0. The van der Waals surface area contributed by atoms with Crippen molar-refractivity contribution in [3.05, 3.63) is 35.1 Å². The lowest BCUT2D eigenvalue weighted by Crippen LogP contribution is -2.46. The number of aromatic nitrogens is 1. The first-order valence-electron chi connectivity index (χ1n) is 11.8. The van der Waals surface area contributed by atoms with E-state index in [1.807, 2.05) is 13.0 Å². The molecule has 0 unspecified atom stereocenters. The normalized spacial score (nSPS) is 21.3. The molecule has 2 heterocycles. The van der Waals surface area contributed by atoms with E-state index in [2.05, 4.69) is 9.80 Å². The average molecular weight is 464 g/mol. The fourth-order valence-electron chi connectivity index (χ4n) is 4.79. The highest BCUT2D eigenvalue weighted by Gasteiger charge is 2.33. The van der Waals surface area contributed by atoms with E-state index in [9.17, 15) is 24.8 Å². The molecular weight excluding hydrogens is 429 g/mol. The van der Waals surface area contributed by atoms with Crippen molar-refractivity contribution < 1.29 is 29.6 Å². The van der Waals surface area contributed by atoms with E-state index in [0.717, 1.165) is 51.3 Å². The first-order chi connectivity index (χ1) is 15.9. The Kier molecular flexibility index (Phi) is 7.31. The third-order valence-electron chi connectivity index (χ3n) is 6.65. The van der Waals surface area contributed by atoms with Crippen LogP contribution >= 0.6 is 0 Å². The molecule has 1 aliphatic heterocycles. The monoisotopic (exact) mass is 463 g/mol. The highest BCUT2D eigenvalue weighted by Crippen LogP contribution is 2.39. The molecule has 4 rings (SSSR count). The van der Waals surface area contributed by atoms with Crippen LogP contribution in [0.25, 0.3) is 0 Å². The van der Waals surface area contributed by atoms with Crippen molar-refractivity contribution in [3.63, 3.8) is 0 Å². The fraction of sp³-hybridized carbons (Fsp3) is 0.583. The number of nitrogens with zero attached hydrogens (tertiary/aromatic N) is 3. The Morgan fingerprint density at radius 2 is 1.61 bits per heavy atom. The highest BCUT2D eigenvalue weighted by atomic mass is 19.1. The molecule has 182 valence electrons. The minimum Gasteiger partial charge on any atom is -0.494 e. The van der Waals surface area contributed by atoms with Gasteiger partial charge in [-0.3, -0.25) is 9.47 Å². The standard InChI is InChI=1S/C24H34FN3O5/c1-2-13-33-22-18(25)5-3-6-19(22)27-11-9-26(10-12-27)7-4-8-28-23(31)16-14-20(29)21(30)15-17(16)24(28)32/h3,5-6,20-21,29-32H,2,4,7-15H2,1H3/t20-,21-/m0/s1. The van der Waals surface area contributed by atoms with Crippen molar-refractivity contribution >= 4 is 5.69 Å². The molecule has 1 aromatic heterocycles. The van der Waals surface area contributed by atoms with E-state index in [1.165, 1.54) is 10.6 Å². The molecule has 4 N–H and O–H groups in total. The van der Waals surface area contributed by atoms with Crippen LogP contribution in [0.2, 0.25) is 0 Å². The largest absolute Gasteiger partial charge is 0.494 e. The van der Waals surface area contributed by atoms with Crippen molar-refractivity contribution in [2.75, 3.05) is 44.2 Å². The molecular formula is C24H34FN3O5. The SMILES string of the molecule is CCCOc1c(F)cccc1N1CCN(CCCn2c(O)c3c(c2O)C[C@H](O)[C@@H](O)C3)CC1. The number of aliphatic hydroxyl groups is 2. The van der Waals surface area contributed by atoms with Gasteiger partial charge in [-0.05, 0) is 31.5 Å². The number of benzene rings is 1. The van der Waals surface area contributed by atoms with Gasteiger partial charge in [0, 0.05) is 56.7 Å². The second-order valence-corrected chi connectivity index (χ2v) is 8.92. The Labute approximate surface area is 193 Å². The van der Waals surface area contributed by atoms with Gasteiger partial charge in [0.05, 0.1) is 24.5 Å². The second kappa shape index (κ2) is 10.2. The zero-order valence-corrected chi connectivity index (χ0v) is 19.1. The summed E-state index contributed by atoms with van der Waals surface area (Å²) in [5, 5.41) is 40.8. The van der Waals surface area contributed by atoms with Gasteiger partial charge >= 0.3 is 0 Å². The lowest BCUT2D eigenvalue weighted by Gasteiger charge is -2.36. The predicted molar refractivity (Wildman–Crippen MR) is 123 cm³/mol. The van der Waals surface area contributed by atoms with Gasteiger partial charge in [-0.15, -0.1) is 0 Å². The molecule has 0 bridgehead atoms. The lowest BCUT2D eigenvalue weighted by atomic mass is 9.90. The number of piperazine rings is 1. The van der Waals surface area contributed by atoms with E-state index >= 15 is 0 Å². The number of hydrogen-bond acceptors (Lipinski definition) is 7. The number of anilines is 1. The maximum atomic E-state index is 14.3. The number of ether oxygens (including phenoxy) is 1. The van der Waals surface area contributed by atoms with E-state index in [1.54, 1.807) is 6.07 Å². The number of aromatic hydroxyl groups is 2. The van der Waals surface area contributed by atoms with Crippen LogP contribution in [0.15, 0.2) is 18.2 Å². The van der Waals surface area contributed by atoms with Crippen LogP contribution in [0.5, 0.6) is 17.5 Å². The molecule has 2 aliphatic rings. The van der Waals surface area contributed by atoms with Gasteiger partial charge in [-0.2, -0.15) is 0 Å². The molecule has 0 spiro atoms. The number of fused-ring (bicyclic) bond motifs is 1. The molecule has 1 aliphatic carbocycles. The number of hydrogen-bond donors (Lipinski definition) is 4. The van der Waals surface area contributed by atoms with E-state index in [-0.39, 0.29) is 30.4 Å². The zero-order chi connectivity index (χ0) is 23.5. The van der Waals surface area contributed by atoms with Crippen LogP contribution in [0.3, 0.4) is 0 Å². The number of rotatable bonds is 8. The van der Waals surface area contributed by atoms with Crippen LogP contribution in [-0.2, 0) is 19.4 Å². The summed E-state index contributed by atoms with van der Waals surface area (Å²) >= 11 is 0. The Balaban J connectivity index is 1.31. The Hall–Kier alpha value is -2.49. The predicted octanol–water partition coefficient (Wildman–Crippen LogP) is 1.86. The van der Waals surface area contributed by atoms with E-state index in [0.29, 0.717) is 30.0 Å². The van der Waals surface area contributed by atoms with Gasteiger partial charge in [-0.25, -0.2) is 4.39 Å². The minimum absolute atomic E-state index is 0.0241. The van der Waals surface area contributed by atoms with Crippen LogP contribution in [0, 0.1) is 5.82 Å². The summed E-state index contributed by atoms with van der Waals surface area (Å²) in [6.45, 7) is 6.87. The van der Waals surface area contributed by atoms with Crippen molar-refractivity contribution in [3.8, 4) is 17.5 Å². The van der Waals surface area contributed by atoms with Crippen molar-refractivity contribution in [1.29, 1.82) is 0 Å². The molecule has 1 fully saturated rings. The number of para-hydroxylation sites is 1. The molecule has 2 atom stereocenters. The smallest absolute Gasteiger partial charge is 0.197 e. The first-order valence-corrected chi connectivity index (χ1v) is 11.8. The zero-order valence-electron chi connectivity index (χ0n) is 19.1. The molecule has 8 nitrogen and oxygen atoms in total. The lowest BCUT2D eigenvalue weighted by molar-refractivity contribution is 0.0136. The quantitative estimate of drug-likeness (QED) is 0.474. The van der Waals surface area contributed by atoms with Crippen LogP contribution in [0.1, 0.15) is 30.9 Å². The molecule has 2 aromatic rings. The van der Waals surface area contributed by atoms with Gasteiger partial charge in [0.25, 0.3) is 0 Å². The average Bonchev–Trinajstić information content (AvgIpc) is 3.03. The third kappa shape index (κ3) is 4.90. The van der Waals surface area contributed by atoms with Crippen molar-refractivity contribution in [1.82, 2.24) is 9.47 Å². The van der Waals surface area contributed by atoms with Gasteiger partial charge in [-0.1, -0.05) is 13.0 Å². The summed E-state index contributed by atoms with van der Waals surface area (Å²) in [6.07, 6.45) is -0.0473. The summed E-state index contributed by atoms with van der Waals surface area (Å²) in [5.41, 5.74) is 1.84. The van der Waals surface area contributed by atoms with Crippen LogP contribution in [-0.4, -0.2) is 81.4 Å². The molecule has 33 heavy (non-hydrogen) atoms. The second-order valence-electron chi connectivity index (χ2n) is 8.92. The number of halogens is 1. The molecule has 1 aromatic carbocycles. The number of aliphatic hydroxyl groups excluding tert-OH is 2. The Morgan fingerprint density at radius 1 is 0.970 bits per heavy atom. The molecule has 0 radical (unpaired) electrons. The third-order valence-corrected chi connectivity index (χ3v) is 6.65. The Morgan fingerprint density at radius 3 is 2.21 bits per heavy atom. The maximum Gasteiger partial charge on any atom is 0.197 e. The van der Waals surface area contributed by atoms with Crippen LogP contribution in [0.4, 0.5) is 10.1 Å². The fourth-order valence-corrected chi connectivity index (χ4v) is 4.79. The first kappa shape index (κ1) is 23.7. The van der Waals surface area contributed by atoms with E-state index < -0.39 is 12.2 Å². The maximum absolute atomic E-state index is 14.3. The molecule has 0 amide bonds. The Bertz CT molecular complexity index is 925. The van der Waals surface area contributed by atoms with Gasteiger partial charge < -0.3 is 30.1 Å². The van der Waals surface area contributed by atoms with Gasteiger partial charge in [0.15, 0.2) is 23.3 Å². The molecule has 9 heteroatoms. The van der Waals surface area contributed by atoms with Crippen LogP contribution < -0.4 is 9.64 Å². The van der Waals surface area contributed by atoms with Gasteiger partial charge in [0.1, 0.15) is 0 Å². The van der Waals surface area contributed by atoms with Gasteiger partial charge in [0.2, 0.25) is 0 Å². The van der Waals surface area contributed by atoms with Crippen molar-refractivity contribution in [2.45, 2.75) is 51.4 Å². The topological polar surface area (TPSA) is 102 Å². The van der Waals surface area contributed by atoms with E-state index in [4.69, 9.17) is 4.74 Å². The van der Waals surface area contributed by atoms with Crippen molar-refractivity contribution in [2.24, 2.45) is 0 Å². The summed E-state index contributed by atoms with van der Waals surface area (Å²) in [5.74, 6) is -0.0593. The minimum atomic E-state index is -0.930. The summed E-state index contributed by atoms with van der Waals surface area (Å²) in [6, 6.07) is 5.04. The highest BCUT2D eigenvalue weighted by molar-refractivity contribution is 5.59. The summed E-state index contributed by atoms with van der Waals surface area (Å²) < 4.78 is 21.4. The molecule has 1 saturated heterocycles.